The number of aliphatic hydroxyl groups excluding tert-OH is 5. The van der Waals surface area contributed by atoms with E-state index in [1.807, 2.05) is 20.8 Å². The van der Waals surface area contributed by atoms with Gasteiger partial charge in [-0.15, -0.1) is 0 Å². The van der Waals surface area contributed by atoms with Gasteiger partial charge in [-0.1, -0.05) is 40.0 Å². The second-order valence-electron chi connectivity index (χ2n) is 8.72. The lowest BCUT2D eigenvalue weighted by molar-refractivity contribution is -0.187. The molecule has 0 bridgehead atoms. The molecule has 13 heteroatoms. The van der Waals surface area contributed by atoms with Gasteiger partial charge >= 0.3 is 17.9 Å². The Morgan fingerprint density at radius 2 is 1.16 bits per heavy atom. The van der Waals surface area contributed by atoms with E-state index in [1.54, 1.807) is 0 Å². The van der Waals surface area contributed by atoms with Gasteiger partial charge in [0.05, 0.1) is 39.5 Å². The first-order chi connectivity index (χ1) is 17.9. The Labute approximate surface area is 223 Å². The molecule has 0 aliphatic rings. The van der Waals surface area contributed by atoms with Crippen LogP contribution in [0, 0.1) is 5.92 Å². The zero-order valence-electron chi connectivity index (χ0n) is 22.8. The van der Waals surface area contributed by atoms with Crippen LogP contribution in [0.4, 0.5) is 0 Å². The van der Waals surface area contributed by atoms with Gasteiger partial charge in [0.25, 0.3) is 0 Å². The molecule has 0 amide bonds. The summed E-state index contributed by atoms with van der Waals surface area (Å²) in [5.41, 5.74) is -2.67. The fraction of sp³-hybridized carbons (Fsp3) is 0.840. The van der Waals surface area contributed by atoms with Crippen LogP contribution in [0.1, 0.15) is 72.6 Å². The highest BCUT2D eigenvalue weighted by Gasteiger charge is 2.54. The molecule has 0 saturated carbocycles. The summed E-state index contributed by atoms with van der Waals surface area (Å²) in [5.74, 6) is -5.82. The summed E-state index contributed by atoms with van der Waals surface area (Å²) < 4.78 is 15.0. The van der Waals surface area contributed by atoms with Gasteiger partial charge in [0.2, 0.25) is 0 Å². The molecule has 5 atom stereocenters. The van der Waals surface area contributed by atoms with Gasteiger partial charge in [-0.2, -0.15) is 0 Å². The van der Waals surface area contributed by atoms with E-state index in [0.717, 1.165) is 26.2 Å². The first-order valence-electron chi connectivity index (χ1n) is 12.9. The van der Waals surface area contributed by atoms with Gasteiger partial charge in [0.15, 0.2) is 11.5 Å². The molecule has 0 rings (SSSR count). The molecule has 3 unspecified atom stereocenters. The molecular weight excluding hydrogens is 508 g/mol. The first kappa shape index (κ1) is 38.0. The van der Waals surface area contributed by atoms with E-state index in [2.05, 4.69) is 0 Å². The molecule has 6 N–H and O–H groups in total. The minimum atomic E-state index is -2.67. The Morgan fingerprint density at radius 3 is 1.55 bits per heavy atom. The minimum Gasteiger partial charge on any atom is -0.466 e. The fourth-order valence-electron chi connectivity index (χ4n) is 2.90. The molecule has 0 spiro atoms. The topological polar surface area (TPSA) is 217 Å². The number of ketones is 1. The average molecular weight is 555 g/mol. The molecule has 0 aliphatic carbocycles. The maximum absolute atomic E-state index is 12.5. The van der Waals surface area contributed by atoms with E-state index in [1.165, 1.54) is 0 Å². The molecule has 0 saturated heterocycles. The summed E-state index contributed by atoms with van der Waals surface area (Å²) in [7, 11) is 0. The van der Waals surface area contributed by atoms with Crippen LogP contribution >= 0.6 is 0 Å². The Hall–Kier alpha value is -2.16. The SMILES string of the molecule is CCCCOC(=O)CC(O)(C(=O)OCCCC)C(C(C)=O)C(=O)OCCCC.OC[C@@H](O)C(O)[C@@H](O)CO. The van der Waals surface area contributed by atoms with Crippen LogP contribution in [-0.2, 0) is 33.4 Å². The van der Waals surface area contributed by atoms with Crippen LogP contribution in [0.25, 0.3) is 0 Å². The lowest BCUT2D eigenvalue weighted by Gasteiger charge is -2.30. The number of rotatable bonds is 19. The standard InChI is InChI=1S/C20H34O8.C5H12O5/c1-5-8-11-26-16(22)14-20(25,19(24)28-13-10-7-3)17(15(4)21)18(23)27-12-9-6-2;6-1-3(8)5(10)4(9)2-7/h17,25H,5-14H2,1-4H3;3-10H,1-2H2/t;3-,4+,5?. The van der Waals surface area contributed by atoms with Crippen molar-refractivity contribution in [3.8, 4) is 0 Å². The van der Waals surface area contributed by atoms with Crippen molar-refractivity contribution in [1.29, 1.82) is 0 Å². The van der Waals surface area contributed by atoms with Gasteiger partial charge in [-0.3, -0.25) is 14.4 Å². The highest BCUT2D eigenvalue weighted by Crippen LogP contribution is 2.27. The molecular formula is C25H46O13. The molecule has 0 radical (unpaired) electrons. The zero-order chi connectivity index (χ0) is 29.7. The van der Waals surface area contributed by atoms with Crippen LogP contribution in [0.2, 0.25) is 0 Å². The molecule has 0 aliphatic heterocycles. The maximum Gasteiger partial charge on any atom is 0.340 e. The third-order valence-corrected chi connectivity index (χ3v) is 5.28. The summed E-state index contributed by atoms with van der Waals surface area (Å²) in [6.07, 6.45) is -1.17. The highest BCUT2D eigenvalue weighted by atomic mass is 16.6. The molecule has 0 fully saturated rings. The van der Waals surface area contributed by atoms with Crippen molar-refractivity contribution in [2.45, 2.75) is 96.6 Å². The quantitative estimate of drug-likeness (QED) is 0.0509. The second kappa shape index (κ2) is 21.7. The molecule has 0 aromatic rings. The van der Waals surface area contributed by atoms with Crippen molar-refractivity contribution in [3.05, 3.63) is 0 Å². The minimum absolute atomic E-state index is 0.00195. The second-order valence-corrected chi connectivity index (χ2v) is 8.72. The van der Waals surface area contributed by atoms with E-state index < -0.39 is 73.2 Å². The predicted octanol–water partition coefficient (Wildman–Crippen LogP) is -0.604. The summed E-state index contributed by atoms with van der Waals surface area (Å²) >= 11 is 0. The zero-order valence-corrected chi connectivity index (χ0v) is 22.8. The van der Waals surface area contributed by atoms with Gasteiger partial charge in [0.1, 0.15) is 24.1 Å². The molecule has 0 heterocycles. The molecule has 0 aromatic heterocycles. The van der Waals surface area contributed by atoms with Crippen LogP contribution in [0.5, 0.6) is 0 Å². The largest absolute Gasteiger partial charge is 0.466 e. The predicted molar refractivity (Wildman–Crippen MR) is 134 cm³/mol. The van der Waals surface area contributed by atoms with Crippen molar-refractivity contribution < 1.29 is 64.0 Å². The Bertz CT molecular complexity index is 674. The van der Waals surface area contributed by atoms with Crippen LogP contribution in [0.15, 0.2) is 0 Å². The van der Waals surface area contributed by atoms with Crippen molar-refractivity contribution in [2.24, 2.45) is 5.92 Å². The number of esters is 3. The lowest BCUT2D eigenvalue weighted by Crippen LogP contribution is -2.55. The smallest absolute Gasteiger partial charge is 0.340 e. The lowest BCUT2D eigenvalue weighted by atomic mass is 9.81. The number of aliphatic hydroxyl groups is 6. The summed E-state index contributed by atoms with van der Waals surface area (Å²) in [6.45, 7) is 5.61. The number of hydrogen-bond acceptors (Lipinski definition) is 13. The average Bonchev–Trinajstić information content (AvgIpc) is 2.87. The maximum atomic E-state index is 12.5. The van der Waals surface area contributed by atoms with Crippen molar-refractivity contribution in [1.82, 2.24) is 0 Å². The van der Waals surface area contributed by atoms with Crippen molar-refractivity contribution in [3.63, 3.8) is 0 Å². The summed E-state index contributed by atoms with van der Waals surface area (Å²) in [6, 6.07) is 0. The third kappa shape index (κ3) is 14.7. The number of unbranched alkanes of at least 4 members (excludes halogenated alkanes) is 3. The molecule has 224 valence electrons. The third-order valence-electron chi connectivity index (χ3n) is 5.28. The number of Topliss-reactive ketones (excluding diaryl/α,β-unsaturated/α-hetero) is 1. The van der Waals surface area contributed by atoms with Gasteiger partial charge in [-0.05, 0) is 26.2 Å². The van der Waals surface area contributed by atoms with E-state index in [0.29, 0.717) is 19.3 Å². The Balaban J connectivity index is 0. The number of ether oxygens (including phenoxy) is 3. The van der Waals surface area contributed by atoms with E-state index in [4.69, 9.17) is 39.7 Å². The van der Waals surface area contributed by atoms with E-state index in [9.17, 15) is 24.3 Å². The van der Waals surface area contributed by atoms with Crippen LogP contribution in [-0.4, -0.2) is 111 Å². The highest BCUT2D eigenvalue weighted by molar-refractivity contribution is 6.05. The van der Waals surface area contributed by atoms with Gasteiger partial charge in [-0.25, -0.2) is 4.79 Å². The Kier molecular flexibility index (Phi) is 21.7. The van der Waals surface area contributed by atoms with E-state index in [-0.39, 0.29) is 19.8 Å². The van der Waals surface area contributed by atoms with Gasteiger partial charge < -0.3 is 44.8 Å². The first-order valence-corrected chi connectivity index (χ1v) is 12.9. The van der Waals surface area contributed by atoms with E-state index >= 15 is 0 Å². The van der Waals surface area contributed by atoms with Crippen molar-refractivity contribution >= 4 is 23.7 Å². The molecule has 13 nitrogen and oxygen atoms in total. The van der Waals surface area contributed by atoms with Crippen molar-refractivity contribution in [2.75, 3.05) is 33.0 Å². The van der Waals surface area contributed by atoms with Crippen LogP contribution in [0.3, 0.4) is 0 Å². The summed E-state index contributed by atoms with van der Waals surface area (Å²) in [5, 5.41) is 53.5. The fourth-order valence-corrected chi connectivity index (χ4v) is 2.90. The summed E-state index contributed by atoms with van der Waals surface area (Å²) in [4.78, 5) is 49.2. The normalized spacial score (nSPS) is 15.5. The number of carbonyl (C=O) groups is 4. The number of carbonyl (C=O) groups excluding carboxylic acids is 4. The molecule has 0 aromatic carbocycles. The van der Waals surface area contributed by atoms with Gasteiger partial charge in [0, 0.05) is 0 Å². The number of hydrogen-bond donors (Lipinski definition) is 6. The Morgan fingerprint density at radius 1 is 0.737 bits per heavy atom. The van der Waals surface area contributed by atoms with Crippen LogP contribution < -0.4 is 0 Å². The monoisotopic (exact) mass is 554 g/mol. The molecule has 38 heavy (non-hydrogen) atoms.